The van der Waals surface area contributed by atoms with Crippen molar-refractivity contribution in [3.8, 4) is 0 Å². The first kappa shape index (κ1) is 15.3. The Morgan fingerprint density at radius 1 is 0.850 bits per heavy atom. The maximum Gasteiger partial charge on any atom is 0.309 e. The Labute approximate surface area is 119 Å². The van der Waals surface area contributed by atoms with E-state index in [1.807, 2.05) is 0 Å². The number of hydrogen-bond donors (Lipinski definition) is 3. The van der Waals surface area contributed by atoms with Crippen LogP contribution in [0.3, 0.4) is 0 Å². The molecule has 5 heteroatoms. The number of hydrogen-bond acceptors (Lipinski definition) is 3. The molecule has 0 aliphatic heterocycles. The molecule has 0 atom stereocenters. The topological polar surface area (TPSA) is 94.8 Å². The highest BCUT2D eigenvalue weighted by atomic mass is 16.4. The van der Waals surface area contributed by atoms with Gasteiger partial charge >= 0.3 is 11.9 Å². The molecule has 0 unspecified atom stereocenters. The molecule has 2 saturated carbocycles. The van der Waals surface area contributed by atoms with Crippen molar-refractivity contribution in [1.82, 2.24) is 0 Å². The molecule has 2 aliphatic rings. The van der Waals surface area contributed by atoms with Gasteiger partial charge in [-0.15, -0.1) is 0 Å². The summed E-state index contributed by atoms with van der Waals surface area (Å²) in [4.78, 5) is 22.0. The Balaban J connectivity index is 1.56. The van der Waals surface area contributed by atoms with Gasteiger partial charge in [-0.05, 0) is 64.2 Å². The van der Waals surface area contributed by atoms with Crippen LogP contribution < -0.4 is 0 Å². The van der Waals surface area contributed by atoms with Crippen LogP contribution in [0.1, 0.15) is 64.2 Å². The van der Waals surface area contributed by atoms with Gasteiger partial charge in [0.05, 0.1) is 16.9 Å². The molecular formula is C15H24O5. The molecule has 0 aromatic rings. The SMILES string of the molecule is O=C(O)C1(CCCC(O)CCCC2(C(=O)O)CC2)CC1. The van der Waals surface area contributed by atoms with E-state index in [2.05, 4.69) is 0 Å². The number of aliphatic hydroxyl groups excluding tert-OH is 1. The smallest absolute Gasteiger partial charge is 0.309 e. The molecule has 0 spiro atoms. The van der Waals surface area contributed by atoms with Gasteiger partial charge in [-0.3, -0.25) is 9.59 Å². The fourth-order valence-corrected chi connectivity index (χ4v) is 2.94. The highest BCUT2D eigenvalue weighted by Gasteiger charge is 2.50. The second-order valence-corrected chi connectivity index (χ2v) is 6.61. The summed E-state index contributed by atoms with van der Waals surface area (Å²) in [6.45, 7) is 0. The van der Waals surface area contributed by atoms with Gasteiger partial charge in [0.15, 0.2) is 0 Å². The summed E-state index contributed by atoms with van der Waals surface area (Å²) >= 11 is 0. The number of aliphatic carboxylic acids is 2. The molecule has 0 saturated heterocycles. The van der Waals surface area contributed by atoms with Crippen LogP contribution in [0.2, 0.25) is 0 Å². The third-order valence-electron chi connectivity index (χ3n) is 5.00. The van der Waals surface area contributed by atoms with Crippen LogP contribution in [0.5, 0.6) is 0 Å². The first-order valence-corrected chi connectivity index (χ1v) is 7.55. The zero-order chi connectivity index (χ0) is 14.8. The summed E-state index contributed by atoms with van der Waals surface area (Å²) in [5.41, 5.74) is -0.998. The largest absolute Gasteiger partial charge is 0.481 e. The van der Waals surface area contributed by atoms with Crippen LogP contribution in [0.25, 0.3) is 0 Å². The molecule has 2 rings (SSSR count). The highest BCUT2D eigenvalue weighted by Crippen LogP contribution is 2.51. The second kappa shape index (κ2) is 5.72. The number of carbonyl (C=O) groups is 2. The van der Waals surface area contributed by atoms with Crippen LogP contribution in [0.15, 0.2) is 0 Å². The highest BCUT2D eigenvalue weighted by molar-refractivity contribution is 5.78. The summed E-state index contributed by atoms with van der Waals surface area (Å²) in [6, 6.07) is 0. The normalized spacial score (nSPS) is 21.7. The molecule has 3 N–H and O–H groups in total. The summed E-state index contributed by atoms with van der Waals surface area (Å²) in [6.07, 6.45) is 6.64. The Kier molecular flexibility index (Phi) is 4.37. The molecule has 5 nitrogen and oxygen atoms in total. The molecule has 0 amide bonds. The van der Waals surface area contributed by atoms with Gasteiger partial charge in [0, 0.05) is 0 Å². The number of carboxylic acid groups (broad SMARTS) is 2. The van der Waals surface area contributed by atoms with E-state index < -0.39 is 28.9 Å². The predicted octanol–water partition coefficient (Wildman–Crippen LogP) is 2.42. The number of rotatable bonds is 10. The van der Waals surface area contributed by atoms with Crippen molar-refractivity contribution < 1.29 is 24.9 Å². The van der Waals surface area contributed by atoms with Gasteiger partial charge in [-0.1, -0.05) is 0 Å². The average Bonchev–Trinajstić information content (AvgIpc) is 3.23. The molecule has 0 aromatic carbocycles. The van der Waals surface area contributed by atoms with Gasteiger partial charge in [0.1, 0.15) is 0 Å². The van der Waals surface area contributed by atoms with Crippen LogP contribution in [0, 0.1) is 10.8 Å². The van der Waals surface area contributed by atoms with Crippen molar-refractivity contribution >= 4 is 11.9 Å². The fraction of sp³-hybridized carbons (Fsp3) is 0.867. The van der Waals surface area contributed by atoms with Crippen molar-refractivity contribution in [2.45, 2.75) is 70.3 Å². The van der Waals surface area contributed by atoms with Gasteiger partial charge in [-0.25, -0.2) is 0 Å². The number of carboxylic acids is 2. The lowest BCUT2D eigenvalue weighted by molar-refractivity contribution is -0.144. The summed E-state index contributed by atoms with van der Waals surface area (Å²) < 4.78 is 0. The van der Waals surface area contributed by atoms with Crippen molar-refractivity contribution in [2.75, 3.05) is 0 Å². The van der Waals surface area contributed by atoms with E-state index in [0.29, 0.717) is 25.7 Å². The van der Waals surface area contributed by atoms with E-state index in [4.69, 9.17) is 10.2 Å². The van der Waals surface area contributed by atoms with E-state index >= 15 is 0 Å². The number of aliphatic hydroxyl groups is 1. The lowest BCUT2D eigenvalue weighted by atomic mass is 9.94. The third-order valence-corrected chi connectivity index (χ3v) is 5.00. The van der Waals surface area contributed by atoms with Gasteiger partial charge in [0.2, 0.25) is 0 Å². The molecule has 2 aliphatic carbocycles. The molecule has 0 bridgehead atoms. The predicted molar refractivity (Wildman–Crippen MR) is 72.3 cm³/mol. The Morgan fingerprint density at radius 2 is 1.20 bits per heavy atom. The van der Waals surface area contributed by atoms with Crippen LogP contribution in [0.4, 0.5) is 0 Å². The van der Waals surface area contributed by atoms with Crippen LogP contribution in [-0.2, 0) is 9.59 Å². The lowest BCUT2D eigenvalue weighted by Gasteiger charge is -2.14. The molecule has 0 aromatic heterocycles. The monoisotopic (exact) mass is 284 g/mol. The summed E-state index contributed by atoms with van der Waals surface area (Å²) in [5, 5.41) is 27.9. The second-order valence-electron chi connectivity index (χ2n) is 6.61. The summed E-state index contributed by atoms with van der Waals surface area (Å²) in [7, 11) is 0. The molecule has 0 heterocycles. The van der Waals surface area contributed by atoms with Crippen molar-refractivity contribution in [3.63, 3.8) is 0 Å². The van der Waals surface area contributed by atoms with E-state index in [0.717, 1.165) is 38.5 Å². The first-order chi connectivity index (χ1) is 9.40. The molecule has 2 fully saturated rings. The fourth-order valence-electron chi connectivity index (χ4n) is 2.94. The zero-order valence-electron chi connectivity index (χ0n) is 11.8. The van der Waals surface area contributed by atoms with Crippen molar-refractivity contribution in [1.29, 1.82) is 0 Å². The first-order valence-electron chi connectivity index (χ1n) is 7.55. The Hall–Kier alpha value is -1.10. The maximum atomic E-state index is 11.0. The molecule has 0 radical (unpaired) electrons. The molecule has 20 heavy (non-hydrogen) atoms. The minimum absolute atomic E-state index is 0.427. The van der Waals surface area contributed by atoms with Crippen molar-refractivity contribution in [2.24, 2.45) is 10.8 Å². The molecule has 114 valence electrons. The average molecular weight is 284 g/mol. The zero-order valence-corrected chi connectivity index (χ0v) is 11.8. The molecular weight excluding hydrogens is 260 g/mol. The van der Waals surface area contributed by atoms with E-state index in [9.17, 15) is 14.7 Å². The van der Waals surface area contributed by atoms with Gasteiger partial charge in [-0.2, -0.15) is 0 Å². The van der Waals surface area contributed by atoms with Crippen LogP contribution in [-0.4, -0.2) is 33.4 Å². The Bertz CT molecular complexity index is 346. The van der Waals surface area contributed by atoms with Gasteiger partial charge in [0.25, 0.3) is 0 Å². The van der Waals surface area contributed by atoms with Crippen molar-refractivity contribution in [3.05, 3.63) is 0 Å². The van der Waals surface area contributed by atoms with Crippen LogP contribution >= 0.6 is 0 Å². The minimum atomic E-state index is -0.705. The van der Waals surface area contributed by atoms with E-state index in [1.54, 1.807) is 0 Å². The lowest BCUT2D eigenvalue weighted by Crippen LogP contribution is -2.17. The quantitative estimate of drug-likeness (QED) is 0.572. The standard InChI is InChI=1S/C15H24O5/c16-11(3-1-5-14(7-8-14)12(17)18)4-2-6-15(9-10-15)13(19)20/h11,16H,1-10H2,(H,17,18)(H,19,20). The van der Waals surface area contributed by atoms with Gasteiger partial charge < -0.3 is 15.3 Å². The Morgan fingerprint density at radius 3 is 1.45 bits per heavy atom. The summed E-state index contributed by atoms with van der Waals surface area (Å²) in [5.74, 6) is -1.41. The minimum Gasteiger partial charge on any atom is -0.481 e. The van der Waals surface area contributed by atoms with E-state index in [-0.39, 0.29) is 0 Å². The van der Waals surface area contributed by atoms with E-state index in [1.165, 1.54) is 0 Å². The third kappa shape index (κ3) is 3.51. The maximum absolute atomic E-state index is 11.0.